The SMILES string of the molecule is CCN(C)C(=O)c1cc2scc(Br)c2n1Cc1ccc(F)c(F)c1. The normalized spacial score (nSPS) is 11.2. The van der Waals surface area contributed by atoms with Gasteiger partial charge in [-0.15, -0.1) is 11.3 Å². The molecule has 0 unspecified atom stereocenters. The summed E-state index contributed by atoms with van der Waals surface area (Å²) < 4.78 is 30.4. The van der Waals surface area contributed by atoms with Crippen LogP contribution in [0.4, 0.5) is 8.78 Å². The number of benzene rings is 1. The van der Waals surface area contributed by atoms with E-state index in [1.165, 1.54) is 23.5 Å². The van der Waals surface area contributed by atoms with Crippen molar-refractivity contribution >= 4 is 43.4 Å². The molecule has 0 saturated heterocycles. The van der Waals surface area contributed by atoms with Crippen LogP contribution in [0.3, 0.4) is 0 Å². The number of nitrogens with zero attached hydrogens (tertiary/aromatic N) is 2. The molecule has 24 heavy (non-hydrogen) atoms. The highest BCUT2D eigenvalue weighted by Gasteiger charge is 2.21. The van der Waals surface area contributed by atoms with Crippen LogP contribution in [0.5, 0.6) is 0 Å². The Morgan fingerprint density at radius 1 is 1.29 bits per heavy atom. The highest BCUT2D eigenvalue weighted by atomic mass is 79.9. The van der Waals surface area contributed by atoms with Crippen molar-refractivity contribution in [3.8, 4) is 0 Å². The molecule has 0 saturated carbocycles. The first-order valence-corrected chi connectivity index (χ1v) is 9.05. The Bertz CT molecular complexity index is 919. The molecule has 0 aliphatic heterocycles. The third-order valence-electron chi connectivity index (χ3n) is 3.94. The van der Waals surface area contributed by atoms with Crippen molar-refractivity contribution in [2.45, 2.75) is 13.5 Å². The van der Waals surface area contributed by atoms with Gasteiger partial charge in [-0.25, -0.2) is 8.78 Å². The predicted molar refractivity (Wildman–Crippen MR) is 95.6 cm³/mol. The van der Waals surface area contributed by atoms with Crippen LogP contribution in [-0.4, -0.2) is 29.0 Å². The maximum absolute atomic E-state index is 13.5. The van der Waals surface area contributed by atoms with Crippen molar-refractivity contribution in [3.63, 3.8) is 0 Å². The highest BCUT2D eigenvalue weighted by Crippen LogP contribution is 2.34. The molecule has 3 nitrogen and oxygen atoms in total. The fourth-order valence-electron chi connectivity index (χ4n) is 2.53. The van der Waals surface area contributed by atoms with Crippen LogP contribution in [0, 0.1) is 11.6 Å². The topological polar surface area (TPSA) is 25.2 Å². The molecule has 0 radical (unpaired) electrons. The highest BCUT2D eigenvalue weighted by molar-refractivity contribution is 9.10. The summed E-state index contributed by atoms with van der Waals surface area (Å²) in [5.41, 5.74) is 2.02. The zero-order valence-corrected chi connectivity index (χ0v) is 15.5. The van der Waals surface area contributed by atoms with Gasteiger partial charge in [-0.3, -0.25) is 4.79 Å². The van der Waals surface area contributed by atoms with Crippen LogP contribution >= 0.6 is 27.3 Å². The van der Waals surface area contributed by atoms with E-state index >= 15 is 0 Å². The fourth-order valence-corrected chi connectivity index (χ4v) is 4.23. The van der Waals surface area contributed by atoms with Gasteiger partial charge in [0.15, 0.2) is 11.6 Å². The maximum Gasteiger partial charge on any atom is 0.270 e. The fraction of sp³-hybridized carbons (Fsp3) is 0.235. The van der Waals surface area contributed by atoms with E-state index in [1.54, 1.807) is 11.9 Å². The van der Waals surface area contributed by atoms with E-state index in [2.05, 4.69) is 15.9 Å². The largest absolute Gasteiger partial charge is 0.341 e. The molecule has 2 aromatic heterocycles. The second kappa shape index (κ2) is 6.64. The number of halogens is 3. The molecule has 0 aliphatic rings. The van der Waals surface area contributed by atoms with Gasteiger partial charge in [0.2, 0.25) is 0 Å². The van der Waals surface area contributed by atoms with Gasteiger partial charge in [-0.1, -0.05) is 6.07 Å². The molecule has 3 aromatic rings. The molecule has 126 valence electrons. The third-order valence-corrected chi connectivity index (χ3v) is 5.77. The minimum atomic E-state index is -0.890. The van der Waals surface area contributed by atoms with Crippen molar-refractivity contribution in [1.82, 2.24) is 9.47 Å². The quantitative estimate of drug-likeness (QED) is 0.599. The monoisotopic (exact) mass is 412 g/mol. The lowest BCUT2D eigenvalue weighted by atomic mass is 10.2. The van der Waals surface area contributed by atoms with E-state index in [-0.39, 0.29) is 12.5 Å². The van der Waals surface area contributed by atoms with Gasteiger partial charge in [0, 0.05) is 25.5 Å². The predicted octanol–water partition coefficient (Wildman–Crippen LogP) is 4.88. The van der Waals surface area contributed by atoms with Gasteiger partial charge in [0.25, 0.3) is 5.91 Å². The van der Waals surface area contributed by atoms with E-state index in [0.717, 1.165) is 20.8 Å². The molecule has 0 atom stereocenters. The molecule has 1 aromatic carbocycles. The average Bonchev–Trinajstić information content (AvgIpc) is 3.10. The number of thiophene rings is 1. The summed E-state index contributed by atoms with van der Waals surface area (Å²) in [6.07, 6.45) is 0. The summed E-state index contributed by atoms with van der Waals surface area (Å²) in [5.74, 6) is -1.87. The van der Waals surface area contributed by atoms with E-state index in [4.69, 9.17) is 0 Å². The van der Waals surface area contributed by atoms with Gasteiger partial charge in [0.1, 0.15) is 5.69 Å². The van der Waals surface area contributed by atoms with Gasteiger partial charge >= 0.3 is 0 Å². The van der Waals surface area contributed by atoms with Crippen LogP contribution in [0.25, 0.3) is 10.2 Å². The van der Waals surface area contributed by atoms with Crippen LogP contribution in [0.15, 0.2) is 34.1 Å². The van der Waals surface area contributed by atoms with Crippen molar-refractivity contribution in [2.75, 3.05) is 13.6 Å². The number of amides is 1. The van der Waals surface area contributed by atoms with Crippen molar-refractivity contribution in [1.29, 1.82) is 0 Å². The molecule has 0 bridgehead atoms. The molecule has 1 amide bonds. The number of hydrogen-bond acceptors (Lipinski definition) is 2. The number of rotatable bonds is 4. The number of carbonyl (C=O) groups is 1. The Morgan fingerprint density at radius 3 is 2.71 bits per heavy atom. The summed E-state index contributed by atoms with van der Waals surface area (Å²) in [6.45, 7) is 2.78. The van der Waals surface area contributed by atoms with Crippen LogP contribution in [0.2, 0.25) is 0 Å². The first-order chi connectivity index (χ1) is 11.4. The van der Waals surface area contributed by atoms with Crippen LogP contribution < -0.4 is 0 Å². The van der Waals surface area contributed by atoms with Gasteiger partial charge in [0.05, 0.1) is 14.7 Å². The average molecular weight is 413 g/mol. The van der Waals surface area contributed by atoms with E-state index in [1.807, 2.05) is 22.9 Å². The summed E-state index contributed by atoms with van der Waals surface area (Å²) in [7, 11) is 1.74. The third kappa shape index (κ3) is 2.98. The molecule has 0 N–H and O–H groups in total. The number of hydrogen-bond donors (Lipinski definition) is 0. The summed E-state index contributed by atoms with van der Waals surface area (Å²) in [5, 5.41) is 1.95. The lowest BCUT2D eigenvalue weighted by Crippen LogP contribution is -2.28. The zero-order chi connectivity index (χ0) is 17.4. The smallest absolute Gasteiger partial charge is 0.270 e. The zero-order valence-electron chi connectivity index (χ0n) is 13.1. The molecular formula is C17H15BrF2N2OS. The molecular weight excluding hydrogens is 398 g/mol. The van der Waals surface area contributed by atoms with Crippen LogP contribution in [-0.2, 0) is 6.54 Å². The maximum atomic E-state index is 13.5. The van der Waals surface area contributed by atoms with Crippen molar-refractivity contribution in [3.05, 3.63) is 57.0 Å². The van der Waals surface area contributed by atoms with E-state index in [9.17, 15) is 13.6 Å². The minimum absolute atomic E-state index is 0.101. The number of fused-ring (bicyclic) bond motifs is 1. The Kier molecular flexibility index (Phi) is 4.73. The van der Waals surface area contributed by atoms with Crippen molar-refractivity contribution < 1.29 is 13.6 Å². The molecule has 2 heterocycles. The van der Waals surface area contributed by atoms with Crippen molar-refractivity contribution in [2.24, 2.45) is 0 Å². The summed E-state index contributed by atoms with van der Waals surface area (Å²) >= 11 is 5.03. The first-order valence-electron chi connectivity index (χ1n) is 7.38. The number of carbonyl (C=O) groups excluding carboxylic acids is 1. The lowest BCUT2D eigenvalue weighted by Gasteiger charge is -2.17. The molecule has 3 rings (SSSR count). The summed E-state index contributed by atoms with van der Waals surface area (Å²) in [6, 6.07) is 5.65. The molecule has 0 fully saturated rings. The second-order valence-electron chi connectivity index (χ2n) is 5.48. The Labute approximate surface area is 150 Å². The van der Waals surface area contributed by atoms with Gasteiger partial charge in [-0.2, -0.15) is 0 Å². The Morgan fingerprint density at radius 2 is 2.04 bits per heavy atom. The molecule has 0 spiro atoms. The van der Waals surface area contributed by atoms with Gasteiger partial charge < -0.3 is 9.47 Å². The number of aromatic nitrogens is 1. The van der Waals surface area contributed by atoms with E-state index < -0.39 is 11.6 Å². The molecule has 7 heteroatoms. The van der Waals surface area contributed by atoms with Crippen LogP contribution in [0.1, 0.15) is 23.0 Å². The van der Waals surface area contributed by atoms with Gasteiger partial charge in [-0.05, 0) is 46.6 Å². The Hall–Kier alpha value is -1.73. The minimum Gasteiger partial charge on any atom is -0.341 e. The second-order valence-corrected chi connectivity index (χ2v) is 7.25. The standard InChI is InChI=1S/C17H15BrF2N2OS/c1-3-21(2)17(23)14-7-15-16(11(18)9-24-15)22(14)8-10-4-5-12(19)13(20)6-10/h4-7,9H,3,8H2,1-2H3. The Balaban J connectivity index is 2.11. The molecule has 0 aliphatic carbocycles. The summed E-state index contributed by atoms with van der Waals surface area (Å²) in [4.78, 5) is 14.3. The lowest BCUT2D eigenvalue weighted by molar-refractivity contribution is 0.0793. The van der Waals surface area contributed by atoms with E-state index in [0.29, 0.717) is 17.8 Å². The first kappa shape index (κ1) is 17.1.